The van der Waals surface area contributed by atoms with Crippen LogP contribution in [0.25, 0.3) is 0 Å². The first-order chi connectivity index (χ1) is 4.24. The summed E-state index contributed by atoms with van der Waals surface area (Å²) in [5, 5.41) is 0.153. The predicted molar refractivity (Wildman–Crippen MR) is 43.4 cm³/mol. The Bertz CT molecular complexity index is 205. The molecule has 1 aliphatic heterocycles. The van der Waals surface area contributed by atoms with Crippen LogP contribution in [0.15, 0.2) is 21.5 Å². The lowest BCUT2D eigenvalue weighted by Gasteiger charge is -1.83. The molecule has 0 amide bonds. The van der Waals surface area contributed by atoms with Crippen molar-refractivity contribution in [2.75, 3.05) is 0 Å². The molecule has 0 N–H and O–H groups in total. The van der Waals surface area contributed by atoms with E-state index < -0.39 is 0 Å². The van der Waals surface area contributed by atoms with Crippen LogP contribution in [0.5, 0.6) is 0 Å². The zero-order valence-electron chi connectivity index (χ0n) is 4.85. The second kappa shape index (κ2) is 2.71. The topological polar surface area (TPSA) is 17.1 Å². The molecule has 0 saturated heterocycles. The normalized spacial score (nSPS) is 23.1. The highest BCUT2D eigenvalue weighted by atomic mass is 79.9. The van der Waals surface area contributed by atoms with E-state index in [4.69, 9.17) is 0 Å². The zero-order valence-corrected chi connectivity index (χ0v) is 7.25. The average molecular weight is 205 g/mol. The van der Waals surface area contributed by atoms with Gasteiger partial charge in [0, 0.05) is 10.5 Å². The fourth-order valence-electron chi connectivity index (χ4n) is 0.543. The number of halogens is 1. The van der Waals surface area contributed by atoms with E-state index in [1.54, 1.807) is 4.99 Å². The van der Waals surface area contributed by atoms with Gasteiger partial charge in [0.05, 0.1) is 0 Å². The minimum absolute atomic E-state index is 0.153. The second-order valence-electron chi connectivity index (χ2n) is 1.73. The highest BCUT2D eigenvalue weighted by Gasteiger charge is 2.14. The van der Waals surface area contributed by atoms with E-state index in [0.717, 1.165) is 10.5 Å². The van der Waals surface area contributed by atoms with E-state index >= 15 is 0 Å². The van der Waals surface area contributed by atoms with Crippen LogP contribution < -0.4 is 0 Å². The van der Waals surface area contributed by atoms with E-state index in [1.807, 2.05) is 13.0 Å². The van der Waals surface area contributed by atoms with Crippen LogP contribution in [0, 0.1) is 0 Å². The maximum atomic E-state index is 10.8. The molecule has 0 atom stereocenters. The molecule has 0 bridgehead atoms. The van der Waals surface area contributed by atoms with Crippen molar-refractivity contribution in [2.45, 2.75) is 6.92 Å². The summed E-state index contributed by atoms with van der Waals surface area (Å²) >= 11 is 4.41. The fraction of sp³-hybridized carbons (Fsp3) is 0.167. The van der Waals surface area contributed by atoms with Gasteiger partial charge in [0.25, 0.3) is 0 Å². The molecule has 1 rings (SSSR count). The summed E-state index contributed by atoms with van der Waals surface area (Å²) in [5.74, 6) is 0. The van der Waals surface area contributed by atoms with Crippen molar-refractivity contribution in [3.05, 3.63) is 21.5 Å². The highest BCUT2D eigenvalue weighted by Crippen LogP contribution is 2.30. The Morgan fingerprint density at radius 1 is 1.78 bits per heavy atom. The zero-order chi connectivity index (χ0) is 6.85. The second-order valence-corrected chi connectivity index (χ2v) is 3.23. The lowest BCUT2D eigenvalue weighted by molar-refractivity contribution is -0.107. The fourth-order valence-corrected chi connectivity index (χ4v) is 1.67. The van der Waals surface area contributed by atoms with Crippen molar-refractivity contribution in [1.29, 1.82) is 0 Å². The predicted octanol–water partition coefficient (Wildman–Crippen LogP) is 2.44. The maximum absolute atomic E-state index is 10.8. The van der Waals surface area contributed by atoms with Gasteiger partial charge >= 0.3 is 0 Å². The first kappa shape index (κ1) is 7.09. The van der Waals surface area contributed by atoms with Crippen LogP contribution in [0.4, 0.5) is 0 Å². The number of hydrogen-bond donors (Lipinski definition) is 0. The Labute approximate surface area is 66.3 Å². The van der Waals surface area contributed by atoms with Crippen molar-refractivity contribution in [3.8, 4) is 0 Å². The van der Waals surface area contributed by atoms with Crippen LogP contribution in [-0.2, 0) is 4.79 Å². The average Bonchev–Trinajstić information content (AvgIpc) is 2.13. The molecule has 0 aliphatic carbocycles. The Balaban J connectivity index is 2.86. The lowest BCUT2D eigenvalue weighted by Crippen LogP contribution is -1.82. The van der Waals surface area contributed by atoms with Crippen LogP contribution in [-0.4, -0.2) is 5.12 Å². The van der Waals surface area contributed by atoms with Gasteiger partial charge in [-0.2, -0.15) is 0 Å². The first-order valence-electron chi connectivity index (χ1n) is 2.45. The monoisotopic (exact) mass is 204 g/mol. The van der Waals surface area contributed by atoms with Gasteiger partial charge in [-0.05, 0) is 29.7 Å². The summed E-state index contributed by atoms with van der Waals surface area (Å²) < 4.78 is 0. The van der Waals surface area contributed by atoms with Crippen molar-refractivity contribution in [2.24, 2.45) is 0 Å². The number of carbonyl (C=O) groups excluding carboxylic acids is 1. The Kier molecular flexibility index (Phi) is 2.13. The molecule has 0 radical (unpaired) electrons. The van der Waals surface area contributed by atoms with Crippen LogP contribution in [0.2, 0.25) is 0 Å². The maximum Gasteiger partial charge on any atom is 0.219 e. The summed E-state index contributed by atoms with van der Waals surface area (Å²) in [4.78, 5) is 13.5. The number of carbonyl (C=O) groups is 1. The van der Waals surface area contributed by atoms with Crippen LogP contribution in [0.3, 0.4) is 0 Å². The first-order valence-corrected chi connectivity index (χ1v) is 4.18. The van der Waals surface area contributed by atoms with Gasteiger partial charge in [-0.3, -0.25) is 4.79 Å². The van der Waals surface area contributed by atoms with Crippen molar-refractivity contribution >= 4 is 32.8 Å². The van der Waals surface area contributed by atoms with Crippen LogP contribution >= 0.6 is 27.7 Å². The number of allylic oxidation sites excluding steroid dienone is 1. The van der Waals surface area contributed by atoms with Crippen LogP contribution in [0.1, 0.15) is 6.92 Å². The third kappa shape index (κ3) is 1.46. The summed E-state index contributed by atoms with van der Waals surface area (Å²) in [6.07, 6.45) is 1.86. The van der Waals surface area contributed by atoms with E-state index in [2.05, 4.69) is 15.9 Å². The minimum Gasteiger partial charge on any atom is -0.282 e. The van der Waals surface area contributed by atoms with Gasteiger partial charge in [0.2, 0.25) is 5.12 Å². The summed E-state index contributed by atoms with van der Waals surface area (Å²) in [6.45, 7) is 1.82. The molecule has 3 heteroatoms. The van der Waals surface area contributed by atoms with Gasteiger partial charge in [0.15, 0.2) is 0 Å². The molecule has 48 valence electrons. The quantitative estimate of drug-likeness (QED) is 0.604. The van der Waals surface area contributed by atoms with Gasteiger partial charge < -0.3 is 0 Å². The number of hydrogen-bond acceptors (Lipinski definition) is 2. The molecular weight excluding hydrogens is 200 g/mol. The number of rotatable bonds is 0. The molecule has 0 aromatic carbocycles. The summed E-state index contributed by atoms with van der Waals surface area (Å²) in [6, 6.07) is 0. The molecule has 0 aromatic rings. The summed E-state index contributed by atoms with van der Waals surface area (Å²) in [5.41, 5.74) is 0.825. The summed E-state index contributed by atoms with van der Waals surface area (Å²) in [7, 11) is 0. The van der Waals surface area contributed by atoms with E-state index in [-0.39, 0.29) is 5.12 Å². The third-order valence-electron chi connectivity index (χ3n) is 0.999. The van der Waals surface area contributed by atoms with Crippen molar-refractivity contribution < 1.29 is 4.79 Å². The molecule has 0 unspecified atom stereocenters. The van der Waals surface area contributed by atoms with Gasteiger partial charge in [-0.1, -0.05) is 15.9 Å². The molecular formula is C6H5BrOS. The van der Waals surface area contributed by atoms with Gasteiger partial charge in [-0.15, -0.1) is 0 Å². The van der Waals surface area contributed by atoms with E-state index in [9.17, 15) is 4.79 Å². The number of thioether (sulfide) groups is 1. The molecule has 1 heterocycles. The largest absolute Gasteiger partial charge is 0.282 e. The van der Waals surface area contributed by atoms with Gasteiger partial charge in [-0.25, -0.2) is 0 Å². The van der Waals surface area contributed by atoms with E-state index in [1.165, 1.54) is 11.8 Å². The minimum atomic E-state index is 0.153. The molecule has 0 spiro atoms. The Morgan fingerprint density at radius 3 is 2.67 bits per heavy atom. The molecule has 0 saturated carbocycles. The Morgan fingerprint density at radius 2 is 2.44 bits per heavy atom. The van der Waals surface area contributed by atoms with Crippen molar-refractivity contribution in [1.82, 2.24) is 0 Å². The molecule has 1 aliphatic rings. The molecule has 1 nitrogen and oxygen atoms in total. The molecule has 0 fully saturated rings. The smallest absolute Gasteiger partial charge is 0.219 e. The molecule has 9 heavy (non-hydrogen) atoms. The van der Waals surface area contributed by atoms with Crippen molar-refractivity contribution in [3.63, 3.8) is 0 Å². The SMILES string of the molecule is CC1=C/C(=C/Br)SC1=O. The lowest BCUT2D eigenvalue weighted by atomic mass is 10.3. The third-order valence-corrected chi connectivity index (χ3v) is 2.77. The highest BCUT2D eigenvalue weighted by molar-refractivity contribution is 9.11. The van der Waals surface area contributed by atoms with E-state index in [0.29, 0.717) is 0 Å². The Hall–Kier alpha value is -0.0200. The molecule has 0 aromatic heterocycles. The standard InChI is InChI=1S/C6H5BrOS/c1-4-2-5(3-7)9-6(4)8/h2-3H,1H3/b5-3-. The van der Waals surface area contributed by atoms with Gasteiger partial charge in [0.1, 0.15) is 0 Å².